The Hall–Kier alpha value is -2.36. The Morgan fingerprint density at radius 2 is 1.79 bits per heavy atom. The highest BCUT2D eigenvalue weighted by Gasteiger charge is 2.28. The first-order valence-electron chi connectivity index (χ1n) is 6.18. The maximum absolute atomic E-state index is 12.3. The van der Waals surface area contributed by atoms with E-state index < -0.39 is 5.97 Å². The van der Waals surface area contributed by atoms with Crippen LogP contribution in [0.5, 0.6) is 0 Å². The highest BCUT2D eigenvalue weighted by atomic mass is 16.4. The molecule has 0 radical (unpaired) electrons. The van der Waals surface area contributed by atoms with Crippen molar-refractivity contribution in [1.29, 1.82) is 0 Å². The number of carbonyl (C=O) groups excluding carboxylic acids is 1. The smallest absolute Gasteiger partial charge is 0.352 e. The van der Waals surface area contributed by atoms with Crippen molar-refractivity contribution in [3.8, 4) is 0 Å². The minimum absolute atomic E-state index is 0.0138. The van der Waals surface area contributed by atoms with Crippen molar-refractivity contribution in [2.24, 2.45) is 5.92 Å². The molecule has 0 fully saturated rings. The van der Waals surface area contributed by atoms with E-state index in [9.17, 15) is 9.59 Å². The molecule has 0 unspecified atom stereocenters. The van der Waals surface area contributed by atoms with Crippen LogP contribution in [0.2, 0.25) is 0 Å². The van der Waals surface area contributed by atoms with Gasteiger partial charge in [0.25, 0.3) is 0 Å². The second-order valence-electron chi connectivity index (χ2n) is 4.85. The normalized spacial score (nSPS) is 14.3. The van der Waals surface area contributed by atoms with Crippen LogP contribution >= 0.6 is 0 Å². The minimum atomic E-state index is -1.05. The van der Waals surface area contributed by atoms with Gasteiger partial charge in [-0.2, -0.15) is 0 Å². The van der Waals surface area contributed by atoms with E-state index in [0.717, 1.165) is 12.8 Å². The highest BCUT2D eigenvalue weighted by molar-refractivity contribution is 6.00. The van der Waals surface area contributed by atoms with Crippen molar-refractivity contribution in [3.05, 3.63) is 58.9 Å². The molecule has 0 saturated heterocycles. The molecule has 0 amide bonds. The second kappa shape index (κ2) is 4.39. The lowest BCUT2D eigenvalue weighted by molar-refractivity contribution is 0.0691. The summed E-state index contributed by atoms with van der Waals surface area (Å²) in [7, 11) is 0. The maximum atomic E-state index is 12.3. The molecule has 0 saturated carbocycles. The van der Waals surface area contributed by atoms with Gasteiger partial charge < -0.3 is 10.1 Å². The zero-order valence-corrected chi connectivity index (χ0v) is 10.2. The molecule has 2 aromatic rings. The van der Waals surface area contributed by atoms with Gasteiger partial charge in [0.1, 0.15) is 5.69 Å². The number of nitrogens with one attached hydrogen (secondary N) is 1. The van der Waals surface area contributed by atoms with E-state index in [1.807, 2.05) is 24.3 Å². The number of fused-ring (bicyclic) bond motifs is 1. The van der Waals surface area contributed by atoms with Crippen molar-refractivity contribution in [2.75, 3.05) is 0 Å². The number of carbonyl (C=O) groups is 2. The molecule has 4 nitrogen and oxygen atoms in total. The van der Waals surface area contributed by atoms with Crippen molar-refractivity contribution >= 4 is 11.8 Å². The predicted octanol–water partition coefficient (Wildman–Crippen LogP) is 2.31. The number of hydrogen-bond donors (Lipinski definition) is 2. The topological polar surface area (TPSA) is 70.2 Å². The zero-order chi connectivity index (χ0) is 13.4. The number of aromatic carboxylic acids is 1. The summed E-state index contributed by atoms with van der Waals surface area (Å²) in [4.78, 5) is 25.7. The van der Waals surface area contributed by atoms with Gasteiger partial charge in [0.2, 0.25) is 0 Å². The number of carboxylic acid groups (broad SMARTS) is 1. The number of ketones is 1. The Labute approximate surface area is 110 Å². The first-order chi connectivity index (χ1) is 9.15. The lowest BCUT2D eigenvalue weighted by Gasteiger charge is -2.05. The Morgan fingerprint density at radius 1 is 1.16 bits per heavy atom. The lowest BCUT2D eigenvalue weighted by atomic mass is 9.96. The van der Waals surface area contributed by atoms with Crippen LogP contribution in [0.3, 0.4) is 0 Å². The Balaban J connectivity index is 1.81. The van der Waals surface area contributed by atoms with Gasteiger partial charge in [-0.25, -0.2) is 4.79 Å². The average Bonchev–Trinajstić information content (AvgIpc) is 3.04. The molecule has 0 aliphatic heterocycles. The molecule has 0 bridgehead atoms. The van der Waals surface area contributed by atoms with E-state index in [4.69, 9.17) is 5.11 Å². The first kappa shape index (κ1) is 11.7. The number of benzene rings is 1. The SMILES string of the molecule is O=C(O)c1cc(C(=O)C2Cc3ccccc3C2)c[nH]1. The van der Waals surface area contributed by atoms with Crippen LogP contribution < -0.4 is 0 Å². The molecule has 1 aliphatic carbocycles. The number of Topliss-reactive ketones (excluding diaryl/α,β-unsaturated/α-hetero) is 1. The largest absolute Gasteiger partial charge is 0.477 e. The third-order valence-electron chi connectivity index (χ3n) is 3.62. The lowest BCUT2D eigenvalue weighted by Crippen LogP contribution is -2.14. The van der Waals surface area contributed by atoms with Crippen molar-refractivity contribution in [3.63, 3.8) is 0 Å². The molecule has 4 heteroatoms. The van der Waals surface area contributed by atoms with Crippen molar-refractivity contribution < 1.29 is 14.7 Å². The van der Waals surface area contributed by atoms with Crippen LogP contribution in [-0.2, 0) is 12.8 Å². The van der Waals surface area contributed by atoms with Crippen molar-refractivity contribution in [2.45, 2.75) is 12.8 Å². The van der Waals surface area contributed by atoms with Crippen LogP contribution in [0.4, 0.5) is 0 Å². The summed E-state index contributed by atoms with van der Waals surface area (Å²) in [6.07, 6.45) is 2.96. The number of carboxylic acids is 1. The van der Waals surface area contributed by atoms with Crippen LogP contribution in [0, 0.1) is 5.92 Å². The van der Waals surface area contributed by atoms with Crippen LogP contribution in [0.15, 0.2) is 36.5 Å². The number of hydrogen-bond acceptors (Lipinski definition) is 2. The third kappa shape index (κ3) is 2.05. The van der Waals surface area contributed by atoms with Gasteiger partial charge in [-0.15, -0.1) is 0 Å². The van der Waals surface area contributed by atoms with E-state index in [1.54, 1.807) is 0 Å². The summed E-state index contributed by atoms with van der Waals surface area (Å²) < 4.78 is 0. The van der Waals surface area contributed by atoms with E-state index in [0.29, 0.717) is 5.56 Å². The van der Waals surface area contributed by atoms with Gasteiger partial charge in [0.05, 0.1) is 0 Å². The number of H-pyrrole nitrogens is 1. The molecule has 19 heavy (non-hydrogen) atoms. The fourth-order valence-corrected chi connectivity index (χ4v) is 2.64. The number of rotatable bonds is 3. The van der Waals surface area contributed by atoms with E-state index in [1.165, 1.54) is 23.4 Å². The molecule has 1 aromatic carbocycles. The summed E-state index contributed by atoms with van der Waals surface area (Å²) in [5.74, 6) is -1.11. The molecular formula is C15H13NO3. The summed E-state index contributed by atoms with van der Waals surface area (Å²) in [6.45, 7) is 0. The number of aromatic nitrogens is 1. The fraction of sp³-hybridized carbons (Fsp3) is 0.200. The van der Waals surface area contributed by atoms with Gasteiger partial charge >= 0.3 is 5.97 Å². The Morgan fingerprint density at radius 3 is 2.32 bits per heavy atom. The molecule has 1 aliphatic rings. The molecule has 0 atom stereocenters. The van der Waals surface area contributed by atoms with Crippen LogP contribution in [-0.4, -0.2) is 21.8 Å². The maximum Gasteiger partial charge on any atom is 0.352 e. The highest BCUT2D eigenvalue weighted by Crippen LogP contribution is 2.29. The quantitative estimate of drug-likeness (QED) is 0.827. The van der Waals surface area contributed by atoms with Gasteiger partial charge in [-0.1, -0.05) is 24.3 Å². The third-order valence-corrected chi connectivity index (χ3v) is 3.62. The minimum Gasteiger partial charge on any atom is -0.477 e. The summed E-state index contributed by atoms with van der Waals surface area (Å²) >= 11 is 0. The molecule has 2 N–H and O–H groups in total. The van der Waals surface area contributed by atoms with Crippen LogP contribution in [0.1, 0.15) is 32.0 Å². The Bertz CT molecular complexity index is 632. The van der Waals surface area contributed by atoms with Crippen LogP contribution in [0.25, 0.3) is 0 Å². The van der Waals surface area contributed by atoms with E-state index in [-0.39, 0.29) is 17.4 Å². The zero-order valence-electron chi connectivity index (χ0n) is 10.2. The molecular weight excluding hydrogens is 242 g/mol. The van der Waals surface area contributed by atoms with E-state index >= 15 is 0 Å². The monoisotopic (exact) mass is 255 g/mol. The van der Waals surface area contributed by atoms with Crippen molar-refractivity contribution in [1.82, 2.24) is 4.98 Å². The standard InChI is InChI=1S/C15H13NO3/c17-14(12-7-13(15(18)19)16-8-12)11-5-9-3-1-2-4-10(9)6-11/h1-4,7-8,11,16H,5-6H2,(H,18,19). The summed E-state index contributed by atoms with van der Waals surface area (Å²) in [6, 6.07) is 9.45. The summed E-state index contributed by atoms with van der Waals surface area (Å²) in [5.41, 5.74) is 2.94. The molecule has 96 valence electrons. The first-order valence-corrected chi connectivity index (χ1v) is 6.18. The molecule has 0 spiro atoms. The summed E-state index contributed by atoms with van der Waals surface area (Å²) in [5, 5.41) is 8.84. The fourth-order valence-electron chi connectivity index (χ4n) is 2.64. The van der Waals surface area contributed by atoms with Gasteiger partial charge in [-0.05, 0) is 30.0 Å². The average molecular weight is 255 g/mol. The predicted molar refractivity (Wildman–Crippen MR) is 69.4 cm³/mol. The Kier molecular flexibility index (Phi) is 2.71. The second-order valence-corrected chi connectivity index (χ2v) is 4.85. The molecule has 1 aromatic heterocycles. The van der Waals surface area contributed by atoms with Gasteiger partial charge in [0, 0.05) is 17.7 Å². The van der Waals surface area contributed by atoms with Gasteiger partial charge in [0.15, 0.2) is 5.78 Å². The molecule has 1 heterocycles. The molecule has 3 rings (SSSR count). The van der Waals surface area contributed by atoms with Gasteiger partial charge in [-0.3, -0.25) is 4.79 Å². The number of aromatic amines is 1. The van der Waals surface area contributed by atoms with E-state index in [2.05, 4.69) is 4.98 Å².